The molecule has 0 saturated heterocycles. The van der Waals surface area contributed by atoms with Gasteiger partial charge in [-0.1, -0.05) is 11.8 Å². The van der Waals surface area contributed by atoms with Crippen LogP contribution in [0, 0.1) is 29.0 Å². The average molecular weight is 300 g/mol. The Morgan fingerprint density at radius 3 is 2.48 bits per heavy atom. The topological polar surface area (TPSA) is 33.0 Å². The summed E-state index contributed by atoms with van der Waals surface area (Å²) in [5.74, 6) is 6.14. The Hall–Kier alpha value is -2.49. The highest BCUT2D eigenvalue weighted by Gasteiger charge is 2.04. The van der Waals surface area contributed by atoms with Gasteiger partial charge in [0.1, 0.15) is 18.2 Å². The zero-order chi connectivity index (χ0) is 15.1. The molecule has 0 aliphatic carbocycles. The van der Waals surface area contributed by atoms with Gasteiger partial charge in [-0.3, -0.25) is 0 Å². The normalized spacial score (nSPS) is 9.38. The van der Waals surface area contributed by atoms with Crippen molar-refractivity contribution in [1.29, 1.82) is 5.26 Å². The van der Waals surface area contributed by atoms with E-state index in [4.69, 9.17) is 21.6 Å². The summed E-state index contributed by atoms with van der Waals surface area (Å²) < 4.78 is 19.1. The Bertz CT molecular complexity index is 723. The quantitative estimate of drug-likeness (QED) is 0.637. The maximum Gasteiger partial charge on any atom is 0.129 e. The van der Waals surface area contributed by atoms with Crippen molar-refractivity contribution in [2.45, 2.75) is 6.61 Å². The maximum absolute atomic E-state index is 13.6. The number of hydrogen-bond acceptors (Lipinski definition) is 2. The first-order chi connectivity index (χ1) is 10.2. The van der Waals surface area contributed by atoms with Gasteiger partial charge in [-0.2, -0.15) is 5.26 Å². The largest absolute Gasteiger partial charge is 0.489 e. The molecule has 2 aromatic rings. The lowest BCUT2D eigenvalue weighted by molar-refractivity contribution is 0.300. The molecule has 0 aromatic heterocycles. The maximum atomic E-state index is 13.6. The first-order valence-electron chi connectivity index (χ1n) is 6.19. The fraction of sp³-hybridized carbons (Fsp3) is 0.118. The van der Waals surface area contributed by atoms with Gasteiger partial charge in [0.25, 0.3) is 0 Å². The second kappa shape index (κ2) is 7.33. The summed E-state index contributed by atoms with van der Waals surface area (Å²) in [6, 6.07) is 13.3. The van der Waals surface area contributed by atoms with Crippen LogP contribution in [-0.4, -0.2) is 5.88 Å². The van der Waals surface area contributed by atoms with Crippen molar-refractivity contribution in [1.82, 2.24) is 0 Å². The van der Waals surface area contributed by atoms with Crippen LogP contribution in [0.2, 0.25) is 0 Å². The lowest BCUT2D eigenvalue weighted by Crippen LogP contribution is -1.99. The number of benzene rings is 2. The van der Waals surface area contributed by atoms with Gasteiger partial charge in [-0.05, 0) is 42.5 Å². The van der Waals surface area contributed by atoms with E-state index in [0.29, 0.717) is 16.9 Å². The van der Waals surface area contributed by atoms with Crippen LogP contribution in [0.15, 0.2) is 42.5 Å². The molecule has 0 aliphatic heterocycles. The number of ether oxygens (including phenoxy) is 1. The van der Waals surface area contributed by atoms with Crippen LogP contribution in [0.4, 0.5) is 4.39 Å². The monoisotopic (exact) mass is 299 g/mol. The van der Waals surface area contributed by atoms with Crippen LogP contribution in [0.1, 0.15) is 16.7 Å². The van der Waals surface area contributed by atoms with Crippen LogP contribution >= 0.6 is 11.6 Å². The Morgan fingerprint density at radius 1 is 1.10 bits per heavy atom. The minimum absolute atomic E-state index is 0.0636. The number of rotatable bonds is 3. The minimum atomic E-state index is -0.390. The van der Waals surface area contributed by atoms with E-state index in [-0.39, 0.29) is 12.5 Å². The van der Waals surface area contributed by atoms with E-state index >= 15 is 0 Å². The van der Waals surface area contributed by atoms with Crippen LogP contribution in [0.25, 0.3) is 0 Å². The highest BCUT2D eigenvalue weighted by molar-refractivity contribution is 6.19. The number of alkyl halides is 1. The third kappa shape index (κ3) is 4.24. The van der Waals surface area contributed by atoms with Gasteiger partial charge in [0, 0.05) is 11.1 Å². The summed E-state index contributed by atoms with van der Waals surface area (Å²) in [5.41, 5.74) is 1.59. The first-order valence-corrected chi connectivity index (χ1v) is 6.72. The molecule has 0 unspecified atom stereocenters. The Labute approximate surface area is 127 Å². The van der Waals surface area contributed by atoms with E-state index in [9.17, 15) is 4.39 Å². The molecule has 2 aromatic carbocycles. The fourth-order valence-corrected chi connectivity index (χ4v) is 1.75. The van der Waals surface area contributed by atoms with Crippen molar-refractivity contribution in [2.75, 3.05) is 5.88 Å². The van der Waals surface area contributed by atoms with Crippen molar-refractivity contribution in [3.63, 3.8) is 0 Å². The number of nitrogens with zero attached hydrogens (tertiary/aromatic N) is 1. The molecule has 0 radical (unpaired) electrons. The third-order valence-corrected chi connectivity index (χ3v) is 2.86. The van der Waals surface area contributed by atoms with E-state index in [1.54, 1.807) is 24.3 Å². The van der Waals surface area contributed by atoms with Crippen molar-refractivity contribution < 1.29 is 9.13 Å². The molecule has 0 heterocycles. The summed E-state index contributed by atoms with van der Waals surface area (Å²) in [4.78, 5) is 0. The van der Waals surface area contributed by atoms with Gasteiger partial charge in [0.2, 0.25) is 0 Å². The Balaban J connectivity index is 2.05. The van der Waals surface area contributed by atoms with Crippen molar-refractivity contribution >= 4 is 11.6 Å². The highest BCUT2D eigenvalue weighted by atomic mass is 35.5. The van der Waals surface area contributed by atoms with E-state index in [1.807, 2.05) is 6.07 Å². The first kappa shape index (κ1) is 14.9. The molecule has 21 heavy (non-hydrogen) atoms. The third-order valence-electron chi connectivity index (χ3n) is 2.72. The van der Waals surface area contributed by atoms with Crippen molar-refractivity contribution in [3.05, 3.63) is 65.0 Å². The highest BCUT2D eigenvalue weighted by Crippen LogP contribution is 2.16. The molecule has 0 aliphatic rings. The second-order valence-corrected chi connectivity index (χ2v) is 4.43. The summed E-state index contributed by atoms with van der Waals surface area (Å²) in [6.07, 6.45) is 0. The molecule has 104 valence electrons. The summed E-state index contributed by atoms with van der Waals surface area (Å²) in [5, 5.41) is 8.80. The van der Waals surface area contributed by atoms with E-state index in [1.165, 1.54) is 18.2 Å². The van der Waals surface area contributed by atoms with E-state index in [0.717, 1.165) is 5.56 Å². The minimum Gasteiger partial charge on any atom is -0.489 e. The molecule has 0 fully saturated rings. The van der Waals surface area contributed by atoms with Gasteiger partial charge in [0.15, 0.2) is 0 Å². The SMILES string of the molecule is N#Cc1ccc(F)c(COc2ccc(C#CCCl)cc2)c1. The van der Waals surface area contributed by atoms with Crippen LogP contribution in [0.5, 0.6) is 5.75 Å². The number of halogens is 2. The van der Waals surface area contributed by atoms with Gasteiger partial charge in [0.05, 0.1) is 17.5 Å². The van der Waals surface area contributed by atoms with Crippen LogP contribution < -0.4 is 4.74 Å². The number of hydrogen-bond donors (Lipinski definition) is 0. The molecule has 0 N–H and O–H groups in total. The summed E-state index contributed by atoms with van der Waals surface area (Å²) >= 11 is 5.48. The molecule has 0 amide bonds. The molecule has 0 atom stereocenters. The van der Waals surface area contributed by atoms with E-state index in [2.05, 4.69) is 11.8 Å². The molecule has 4 heteroatoms. The fourth-order valence-electron chi connectivity index (χ4n) is 1.69. The van der Waals surface area contributed by atoms with Crippen molar-refractivity contribution in [2.24, 2.45) is 0 Å². The van der Waals surface area contributed by atoms with Gasteiger partial charge >= 0.3 is 0 Å². The zero-order valence-electron chi connectivity index (χ0n) is 11.1. The Kier molecular flexibility index (Phi) is 5.21. The average Bonchev–Trinajstić information content (AvgIpc) is 2.53. The molecule has 2 rings (SSSR count). The predicted octanol–water partition coefficient (Wildman–Crippen LogP) is 3.87. The molecular weight excluding hydrogens is 289 g/mol. The predicted molar refractivity (Wildman–Crippen MR) is 79.5 cm³/mol. The van der Waals surface area contributed by atoms with E-state index < -0.39 is 5.82 Å². The number of nitriles is 1. The van der Waals surface area contributed by atoms with Crippen LogP contribution in [0.3, 0.4) is 0 Å². The lowest BCUT2D eigenvalue weighted by Gasteiger charge is -2.07. The van der Waals surface area contributed by atoms with Crippen molar-refractivity contribution in [3.8, 4) is 23.7 Å². The zero-order valence-corrected chi connectivity index (χ0v) is 11.8. The molecule has 0 bridgehead atoms. The standard InChI is InChI=1S/C17H11ClFNO/c18-9-1-2-13-3-6-16(7-4-13)21-12-15-10-14(11-20)5-8-17(15)19/h3-8,10H,9,12H2. The Morgan fingerprint density at radius 2 is 1.81 bits per heavy atom. The van der Waals surface area contributed by atoms with Gasteiger partial charge in [-0.25, -0.2) is 4.39 Å². The molecule has 2 nitrogen and oxygen atoms in total. The summed E-state index contributed by atoms with van der Waals surface area (Å²) in [6.45, 7) is 0.0636. The molecule has 0 spiro atoms. The molecular formula is C17H11ClFNO. The van der Waals surface area contributed by atoms with Gasteiger partial charge < -0.3 is 4.74 Å². The summed E-state index contributed by atoms with van der Waals surface area (Å²) in [7, 11) is 0. The smallest absolute Gasteiger partial charge is 0.129 e. The van der Waals surface area contributed by atoms with Gasteiger partial charge in [-0.15, -0.1) is 11.6 Å². The second-order valence-electron chi connectivity index (χ2n) is 4.17. The molecule has 0 saturated carbocycles. The lowest BCUT2D eigenvalue weighted by atomic mass is 10.1. The van der Waals surface area contributed by atoms with Crippen LogP contribution in [-0.2, 0) is 6.61 Å².